The summed E-state index contributed by atoms with van der Waals surface area (Å²) in [5, 5.41) is 8.92. The van der Waals surface area contributed by atoms with Crippen molar-refractivity contribution in [2.45, 2.75) is 26.9 Å². The van der Waals surface area contributed by atoms with Crippen molar-refractivity contribution < 1.29 is 23.1 Å². The molecule has 0 bridgehead atoms. The van der Waals surface area contributed by atoms with Gasteiger partial charge in [0.25, 0.3) is 0 Å². The molecular formula is C17H18F3N3O2. The van der Waals surface area contributed by atoms with Gasteiger partial charge in [-0.15, -0.1) is 0 Å². The smallest absolute Gasteiger partial charge is 0.416 e. The number of halogens is 3. The molecule has 0 atom stereocenters. The first-order valence-electron chi connectivity index (χ1n) is 7.59. The molecule has 2 aromatic rings. The van der Waals surface area contributed by atoms with E-state index in [-0.39, 0.29) is 17.4 Å². The van der Waals surface area contributed by atoms with E-state index in [1.807, 2.05) is 13.8 Å². The summed E-state index contributed by atoms with van der Waals surface area (Å²) in [4.78, 5) is 20.5. The van der Waals surface area contributed by atoms with E-state index in [4.69, 9.17) is 5.11 Å². The molecule has 1 heterocycles. The normalized spacial score (nSPS) is 11.6. The number of hydrogen-bond acceptors (Lipinski definition) is 4. The van der Waals surface area contributed by atoms with Gasteiger partial charge in [-0.25, -0.2) is 14.8 Å². The Labute approximate surface area is 143 Å². The number of aromatic nitrogens is 2. The van der Waals surface area contributed by atoms with Gasteiger partial charge in [0.05, 0.1) is 11.1 Å². The van der Waals surface area contributed by atoms with E-state index < -0.39 is 17.7 Å². The molecule has 25 heavy (non-hydrogen) atoms. The Balaban J connectivity index is 2.51. The molecule has 0 spiro atoms. The number of aryl methyl sites for hydroxylation is 1. The molecular weight excluding hydrogens is 335 g/mol. The molecule has 2 rings (SSSR count). The van der Waals surface area contributed by atoms with Gasteiger partial charge < -0.3 is 10.0 Å². The Bertz CT molecular complexity index is 759. The van der Waals surface area contributed by atoms with Crippen LogP contribution in [0.4, 0.5) is 24.8 Å². The number of nitrogens with zero attached hydrogens (tertiary/aromatic N) is 3. The summed E-state index contributed by atoms with van der Waals surface area (Å²) in [5.41, 5.74) is -0.0725. The molecule has 0 amide bonds. The molecule has 134 valence electrons. The molecule has 8 heteroatoms. The summed E-state index contributed by atoms with van der Waals surface area (Å²) in [5.74, 6) is -0.896. The molecule has 0 saturated heterocycles. The molecule has 0 aliphatic carbocycles. The number of anilines is 2. The molecule has 0 fully saturated rings. The standard InChI is InChI=1S/C17H18F3N3O2/c1-10(2)9-23(16-21-7-12(8-22-16)15(24)25)14-5-11(3)4-13(6-14)17(18,19)20/h4-8,10H,9H2,1-3H3,(H,24,25). The maximum Gasteiger partial charge on any atom is 0.416 e. The van der Waals surface area contributed by atoms with Crippen LogP contribution in [0, 0.1) is 12.8 Å². The fourth-order valence-electron chi connectivity index (χ4n) is 2.32. The van der Waals surface area contributed by atoms with Gasteiger partial charge in [-0.05, 0) is 36.6 Å². The first-order valence-corrected chi connectivity index (χ1v) is 7.59. The third-order valence-corrected chi connectivity index (χ3v) is 3.38. The van der Waals surface area contributed by atoms with Crippen LogP contribution in [0.5, 0.6) is 0 Å². The predicted octanol–water partition coefficient (Wildman–Crippen LogP) is 4.30. The molecule has 0 aliphatic heterocycles. The summed E-state index contributed by atoms with van der Waals surface area (Å²) in [6.07, 6.45) is -2.19. The number of aromatic carboxylic acids is 1. The van der Waals surface area contributed by atoms with E-state index in [0.29, 0.717) is 17.8 Å². The number of carbonyl (C=O) groups is 1. The van der Waals surface area contributed by atoms with Gasteiger partial charge >= 0.3 is 12.1 Å². The minimum atomic E-state index is -4.46. The summed E-state index contributed by atoms with van der Waals surface area (Å²) < 4.78 is 39.3. The lowest BCUT2D eigenvalue weighted by Crippen LogP contribution is -2.25. The van der Waals surface area contributed by atoms with Crippen molar-refractivity contribution in [2.75, 3.05) is 11.4 Å². The minimum Gasteiger partial charge on any atom is -0.478 e. The zero-order valence-corrected chi connectivity index (χ0v) is 14.0. The number of carboxylic acids is 1. The van der Waals surface area contributed by atoms with Gasteiger partial charge in [0.2, 0.25) is 5.95 Å². The van der Waals surface area contributed by atoms with E-state index in [0.717, 1.165) is 24.5 Å². The second-order valence-corrected chi connectivity index (χ2v) is 6.14. The van der Waals surface area contributed by atoms with Crippen molar-refractivity contribution in [1.29, 1.82) is 0 Å². The van der Waals surface area contributed by atoms with E-state index in [9.17, 15) is 18.0 Å². The predicted molar refractivity (Wildman–Crippen MR) is 87.0 cm³/mol. The van der Waals surface area contributed by atoms with Gasteiger partial charge in [0.1, 0.15) is 0 Å². The molecule has 1 aromatic heterocycles. The molecule has 5 nitrogen and oxygen atoms in total. The zero-order chi connectivity index (χ0) is 18.8. The van der Waals surface area contributed by atoms with Crippen LogP contribution in [0.3, 0.4) is 0 Å². The Hall–Kier alpha value is -2.64. The fourth-order valence-corrected chi connectivity index (χ4v) is 2.32. The average Bonchev–Trinajstić information content (AvgIpc) is 2.51. The maximum atomic E-state index is 13.1. The fraction of sp³-hybridized carbons (Fsp3) is 0.353. The van der Waals surface area contributed by atoms with Crippen LogP contribution in [0.25, 0.3) is 0 Å². The van der Waals surface area contributed by atoms with Crippen LogP contribution in [-0.4, -0.2) is 27.6 Å². The van der Waals surface area contributed by atoms with E-state index >= 15 is 0 Å². The highest BCUT2D eigenvalue weighted by molar-refractivity contribution is 5.86. The van der Waals surface area contributed by atoms with Crippen LogP contribution >= 0.6 is 0 Å². The largest absolute Gasteiger partial charge is 0.478 e. The summed E-state index contributed by atoms with van der Waals surface area (Å²) >= 11 is 0. The number of hydrogen-bond donors (Lipinski definition) is 1. The highest BCUT2D eigenvalue weighted by Crippen LogP contribution is 2.34. The van der Waals surface area contributed by atoms with Crippen molar-refractivity contribution in [3.05, 3.63) is 47.3 Å². The third kappa shape index (κ3) is 4.68. The van der Waals surface area contributed by atoms with Crippen LogP contribution in [0.2, 0.25) is 0 Å². The Kier molecular flexibility index (Phi) is 5.30. The number of carboxylic acid groups (broad SMARTS) is 1. The minimum absolute atomic E-state index is 0.0894. The average molecular weight is 353 g/mol. The van der Waals surface area contributed by atoms with Crippen molar-refractivity contribution in [2.24, 2.45) is 5.92 Å². The maximum absolute atomic E-state index is 13.1. The molecule has 0 unspecified atom stereocenters. The summed E-state index contributed by atoms with van der Waals surface area (Å²) in [6.45, 7) is 5.80. The number of benzene rings is 1. The van der Waals surface area contributed by atoms with Gasteiger partial charge in [0.15, 0.2) is 0 Å². The first kappa shape index (κ1) is 18.7. The Morgan fingerprint density at radius 1 is 1.20 bits per heavy atom. The lowest BCUT2D eigenvalue weighted by atomic mass is 10.1. The van der Waals surface area contributed by atoms with Crippen molar-refractivity contribution >= 4 is 17.6 Å². The second-order valence-electron chi connectivity index (χ2n) is 6.14. The molecule has 0 radical (unpaired) electrons. The topological polar surface area (TPSA) is 66.3 Å². The SMILES string of the molecule is Cc1cc(N(CC(C)C)c2ncc(C(=O)O)cn2)cc(C(F)(F)F)c1. The van der Waals surface area contributed by atoms with Crippen LogP contribution in [-0.2, 0) is 6.18 Å². The molecule has 0 aliphatic rings. The third-order valence-electron chi connectivity index (χ3n) is 3.38. The zero-order valence-electron chi connectivity index (χ0n) is 14.0. The van der Waals surface area contributed by atoms with Gasteiger partial charge in [0, 0.05) is 24.6 Å². The number of alkyl halides is 3. The summed E-state index contributed by atoms with van der Waals surface area (Å²) in [7, 11) is 0. The first-order chi connectivity index (χ1) is 11.6. The van der Waals surface area contributed by atoms with E-state index in [2.05, 4.69) is 9.97 Å². The highest BCUT2D eigenvalue weighted by Gasteiger charge is 2.31. The quantitative estimate of drug-likeness (QED) is 0.868. The lowest BCUT2D eigenvalue weighted by molar-refractivity contribution is -0.137. The Morgan fingerprint density at radius 3 is 2.28 bits per heavy atom. The second kappa shape index (κ2) is 7.08. The van der Waals surface area contributed by atoms with Crippen molar-refractivity contribution in [3.8, 4) is 0 Å². The number of rotatable bonds is 5. The van der Waals surface area contributed by atoms with E-state index in [1.54, 1.807) is 17.9 Å². The van der Waals surface area contributed by atoms with Crippen molar-refractivity contribution in [1.82, 2.24) is 9.97 Å². The molecule has 1 aromatic carbocycles. The van der Waals surface area contributed by atoms with E-state index in [1.165, 1.54) is 0 Å². The van der Waals surface area contributed by atoms with Crippen LogP contribution in [0.15, 0.2) is 30.6 Å². The van der Waals surface area contributed by atoms with Gasteiger partial charge in [-0.3, -0.25) is 0 Å². The van der Waals surface area contributed by atoms with Gasteiger partial charge in [-0.2, -0.15) is 13.2 Å². The lowest BCUT2D eigenvalue weighted by Gasteiger charge is -2.26. The summed E-state index contributed by atoms with van der Waals surface area (Å²) in [6, 6.07) is 3.74. The van der Waals surface area contributed by atoms with Gasteiger partial charge in [-0.1, -0.05) is 13.8 Å². The van der Waals surface area contributed by atoms with Crippen LogP contribution in [0.1, 0.15) is 35.3 Å². The highest BCUT2D eigenvalue weighted by atomic mass is 19.4. The van der Waals surface area contributed by atoms with Crippen molar-refractivity contribution in [3.63, 3.8) is 0 Å². The monoisotopic (exact) mass is 353 g/mol. The Morgan fingerprint density at radius 2 is 1.80 bits per heavy atom. The molecule has 0 saturated carbocycles. The van der Waals surface area contributed by atoms with Crippen LogP contribution < -0.4 is 4.90 Å². The molecule has 1 N–H and O–H groups in total.